The molecular formula is C16H23NO2. The second-order valence-electron chi connectivity index (χ2n) is 4.62. The first-order chi connectivity index (χ1) is 9.17. The van der Waals surface area contributed by atoms with Crippen LogP contribution in [0.4, 0.5) is 5.69 Å². The molecule has 0 aliphatic rings. The lowest BCUT2D eigenvalue weighted by Crippen LogP contribution is -2.14. The van der Waals surface area contributed by atoms with Crippen molar-refractivity contribution in [2.24, 2.45) is 0 Å². The summed E-state index contributed by atoms with van der Waals surface area (Å²) < 4.78 is 5.08. The zero-order valence-electron chi connectivity index (χ0n) is 11.8. The van der Waals surface area contributed by atoms with Crippen molar-refractivity contribution in [2.75, 3.05) is 11.9 Å². The Bertz CT molecular complexity index is 398. The molecule has 1 atom stereocenters. The quantitative estimate of drug-likeness (QED) is 0.567. The van der Waals surface area contributed by atoms with Crippen molar-refractivity contribution in [3.63, 3.8) is 0 Å². The van der Waals surface area contributed by atoms with E-state index in [9.17, 15) is 4.79 Å². The number of allylic oxidation sites excluding steroid dienone is 1. The predicted molar refractivity (Wildman–Crippen MR) is 79.5 cm³/mol. The molecule has 0 radical (unpaired) electrons. The van der Waals surface area contributed by atoms with Gasteiger partial charge in [-0.1, -0.05) is 13.0 Å². The number of ether oxygens (including phenoxy) is 1. The monoisotopic (exact) mass is 261 g/mol. The summed E-state index contributed by atoms with van der Waals surface area (Å²) in [5.74, 6) is -0.256. The van der Waals surface area contributed by atoms with E-state index in [1.54, 1.807) is 12.1 Å². The Kier molecular flexibility index (Phi) is 6.72. The first-order valence-corrected chi connectivity index (χ1v) is 6.82. The van der Waals surface area contributed by atoms with Crippen LogP contribution >= 0.6 is 0 Å². The van der Waals surface area contributed by atoms with E-state index >= 15 is 0 Å². The SMILES string of the molecule is C=CCCC(C)Nc1ccc(C(=O)OCCC)cc1. The van der Waals surface area contributed by atoms with Crippen molar-refractivity contribution in [2.45, 2.75) is 39.2 Å². The van der Waals surface area contributed by atoms with Crippen LogP contribution in [0, 0.1) is 0 Å². The second kappa shape index (κ2) is 8.35. The summed E-state index contributed by atoms with van der Waals surface area (Å²) in [5, 5.41) is 3.39. The number of benzene rings is 1. The molecule has 0 heterocycles. The van der Waals surface area contributed by atoms with Gasteiger partial charge in [-0.15, -0.1) is 6.58 Å². The fraction of sp³-hybridized carbons (Fsp3) is 0.438. The van der Waals surface area contributed by atoms with Crippen LogP contribution in [0.15, 0.2) is 36.9 Å². The predicted octanol–water partition coefficient (Wildman–Crippen LogP) is 4.02. The van der Waals surface area contributed by atoms with Gasteiger partial charge >= 0.3 is 5.97 Å². The van der Waals surface area contributed by atoms with Gasteiger partial charge in [0.25, 0.3) is 0 Å². The number of carbonyl (C=O) groups is 1. The van der Waals surface area contributed by atoms with Gasteiger partial charge < -0.3 is 10.1 Å². The van der Waals surface area contributed by atoms with Crippen molar-refractivity contribution in [1.82, 2.24) is 0 Å². The molecule has 0 saturated heterocycles. The first kappa shape index (κ1) is 15.3. The standard InChI is InChI=1S/C16H23NO2/c1-4-6-7-13(3)17-15-10-8-14(9-11-15)16(18)19-12-5-2/h4,8-11,13,17H,1,5-7,12H2,2-3H3. The van der Waals surface area contributed by atoms with Crippen LogP contribution < -0.4 is 5.32 Å². The van der Waals surface area contributed by atoms with E-state index in [1.807, 2.05) is 25.1 Å². The second-order valence-corrected chi connectivity index (χ2v) is 4.62. The number of nitrogens with one attached hydrogen (secondary N) is 1. The van der Waals surface area contributed by atoms with Crippen LogP contribution in [0.3, 0.4) is 0 Å². The van der Waals surface area contributed by atoms with Gasteiger partial charge in [-0.2, -0.15) is 0 Å². The first-order valence-electron chi connectivity index (χ1n) is 6.82. The van der Waals surface area contributed by atoms with Crippen LogP contribution in [0.1, 0.15) is 43.5 Å². The van der Waals surface area contributed by atoms with E-state index in [0.29, 0.717) is 18.2 Å². The van der Waals surface area contributed by atoms with Crippen molar-refractivity contribution in [3.05, 3.63) is 42.5 Å². The Morgan fingerprint density at radius 1 is 1.42 bits per heavy atom. The molecule has 1 aromatic carbocycles. The molecule has 0 saturated carbocycles. The summed E-state index contributed by atoms with van der Waals surface area (Å²) in [7, 11) is 0. The van der Waals surface area contributed by atoms with Gasteiger partial charge in [0, 0.05) is 11.7 Å². The van der Waals surface area contributed by atoms with Crippen LogP contribution in [-0.4, -0.2) is 18.6 Å². The highest BCUT2D eigenvalue weighted by atomic mass is 16.5. The van der Waals surface area contributed by atoms with Crippen LogP contribution in [0.2, 0.25) is 0 Å². The molecule has 0 aromatic heterocycles. The maximum absolute atomic E-state index is 11.6. The van der Waals surface area contributed by atoms with Gasteiger partial charge in [0.2, 0.25) is 0 Å². The molecule has 1 rings (SSSR count). The summed E-state index contributed by atoms with van der Waals surface area (Å²) in [6.45, 7) is 8.29. The summed E-state index contributed by atoms with van der Waals surface area (Å²) in [4.78, 5) is 11.6. The van der Waals surface area contributed by atoms with E-state index in [2.05, 4.69) is 18.8 Å². The smallest absolute Gasteiger partial charge is 0.338 e. The van der Waals surface area contributed by atoms with Gasteiger partial charge in [0.15, 0.2) is 0 Å². The summed E-state index contributed by atoms with van der Waals surface area (Å²) in [6, 6.07) is 7.79. The zero-order valence-corrected chi connectivity index (χ0v) is 11.8. The Morgan fingerprint density at radius 3 is 2.68 bits per heavy atom. The number of rotatable bonds is 8. The maximum atomic E-state index is 11.6. The Balaban J connectivity index is 2.51. The number of hydrogen-bond acceptors (Lipinski definition) is 3. The Hall–Kier alpha value is -1.77. The molecule has 1 N–H and O–H groups in total. The van der Waals surface area contributed by atoms with Crippen LogP contribution in [0.5, 0.6) is 0 Å². The fourth-order valence-corrected chi connectivity index (χ4v) is 1.71. The lowest BCUT2D eigenvalue weighted by molar-refractivity contribution is 0.0505. The van der Waals surface area contributed by atoms with Crippen molar-refractivity contribution >= 4 is 11.7 Å². The van der Waals surface area contributed by atoms with E-state index < -0.39 is 0 Å². The summed E-state index contributed by atoms with van der Waals surface area (Å²) in [5.41, 5.74) is 1.61. The lowest BCUT2D eigenvalue weighted by atomic mass is 10.1. The van der Waals surface area contributed by atoms with E-state index in [0.717, 1.165) is 24.9 Å². The molecule has 1 aromatic rings. The minimum absolute atomic E-state index is 0.256. The van der Waals surface area contributed by atoms with Crippen molar-refractivity contribution in [1.29, 1.82) is 0 Å². The number of hydrogen-bond donors (Lipinski definition) is 1. The van der Waals surface area contributed by atoms with Crippen LogP contribution in [-0.2, 0) is 4.74 Å². The number of carbonyl (C=O) groups excluding carboxylic acids is 1. The summed E-state index contributed by atoms with van der Waals surface area (Å²) in [6.07, 6.45) is 4.80. The van der Waals surface area contributed by atoms with E-state index in [1.165, 1.54) is 0 Å². The molecule has 0 bridgehead atoms. The minimum atomic E-state index is -0.256. The molecule has 104 valence electrons. The minimum Gasteiger partial charge on any atom is -0.462 e. The average molecular weight is 261 g/mol. The normalized spacial score (nSPS) is 11.7. The Labute approximate surface area is 115 Å². The zero-order chi connectivity index (χ0) is 14.1. The third kappa shape index (κ3) is 5.60. The Morgan fingerprint density at radius 2 is 2.11 bits per heavy atom. The highest BCUT2D eigenvalue weighted by Gasteiger charge is 2.07. The van der Waals surface area contributed by atoms with Gasteiger partial charge in [0.05, 0.1) is 12.2 Å². The maximum Gasteiger partial charge on any atom is 0.338 e. The fourth-order valence-electron chi connectivity index (χ4n) is 1.71. The number of esters is 1. The topological polar surface area (TPSA) is 38.3 Å². The molecule has 3 nitrogen and oxygen atoms in total. The average Bonchev–Trinajstić information content (AvgIpc) is 2.43. The van der Waals surface area contributed by atoms with E-state index in [-0.39, 0.29) is 5.97 Å². The van der Waals surface area contributed by atoms with Gasteiger partial charge in [0.1, 0.15) is 0 Å². The summed E-state index contributed by atoms with van der Waals surface area (Å²) >= 11 is 0. The lowest BCUT2D eigenvalue weighted by Gasteiger charge is -2.14. The molecule has 0 aliphatic heterocycles. The van der Waals surface area contributed by atoms with Crippen molar-refractivity contribution in [3.8, 4) is 0 Å². The third-order valence-corrected chi connectivity index (χ3v) is 2.77. The highest BCUT2D eigenvalue weighted by molar-refractivity contribution is 5.89. The molecule has 3 heteroatoms. The molecular weight excluding hydrogens is 238 g/mol. The van der Waals surface area contributed by atoms with E-state index in [4.69, 9.17) is 4.74 Å². The largest absolute Gasteiger partial charge is 0.462 e. The molecule has 0 fully saturated rings. The molecule has 0 aliphatic carbocycles. The van der Waals surface area contributed by atoms with Gasteiger partial charge in [-0.3, -0.25) is 0 Å². The third-order valence-electron chi connectivity index (χ3n) is 2.77. The highest BCUT2D eigenvalue weighted by Crippen LogP contribution is 2.13. The van der Waals surface area contributed by atoms with Crippen LogP contribution in [0.25, 0.3) is 0 Å². The number of anilines is 1. The van der Waals surface area contributed by atoms with Gasteiger partial charge in [-0.05, 0) is 50.5 Å². The molecule has 1 unspecified atom stereocenters. The van der Waals surface area contributed by atoms with Gasteiger partial charge in [-0.25, -0.2) is 4.79 Å². The molecule has 0 amide bonds. The molecule has 19 heavy (non-hydrogen) atoms. The van der Waals surface area contributed by atoms with Crippen molar-refractivity contribution < 1.29 is 9.53 Å². The molecule has 0 spiro atoms.